The summed E-state index contributed by atoms with van der Waals surface area (Å²) in [4.78, 5) is 14.8. The van der Waals surface area contributed by atoms with Gasteiger partial charge in [-0.2, -0.15) is 13.2 Å². The number of benzene rings is 1. The van der Waals surface area contributed by atoms with Crippen LogP contribution in [0.1, 0.15) is 41.3 Å². The average Bonchev–Trinajstić information content (AvgIpc) is 2.47. The predicted octanol–water partition coefficient (Wildman–Crippen LogP) is 4.80. The third kappa shape index (κ3) is 3.81. The number of nitrogens with zero attached hydrogens (tertiary/aromatic N) is 1. The van der Waals surface area contributed by atoms with Gasteiger partial charge in [-0.05, 0) is 35.7 Å². The van der Waals surface area contributed by atoms with Gasteiger partial charge in [0.15, 0.2) is 0 Å². The fraction of sp³-hybridized carbons (Fsp3) is 0.250. The van der Waals surface area contributed by atoms with Crippen LogP contribution in [0.4, 0.5) is 29.1 Å². The quantitative estimate of drug-likeness (QED) is 0.783. The van der Waals surface area contributed by atoms with Crippen molar-refractivity contribution >= 4 is 17.5 Å². The monoisotopic (exact) mass is 342 g/mol. The van der Waals surface area contributed by atoms with E-state index in [4.69, 9.17) is 5.11 Å². The molecule has 0 bridgehead atoms. The first-order valence-corrected chi connectivity index (χ1v) is 6.96. The summed E-state index contributed by atoms with van der Waals surface area (Å²) in [5.41, 5.74) is -0.855. The van der Waals surface area contributed by atoms with Crippen LogP contribution >= 0.6 is 0 Å². The highest BCUT2D eigenvalue weighted by Crippen LogP contribution is 2.33. The maximum atomic E-state index is 13.4. The van der Waals surface area contributed by atoms with E-state index in [1.165, 1.54) is 18.2 Å². The van der Waals surface area contributed by atoms with Crippen LogP contribution in [0.15, 0.2) is 30.5 Å². The summed E-state index contributed by atoms with van der Waals surface area (Å²) in [6.45, 7) is 3.61. The first kappa shape index (κ1) is 17.7. The van der Waals surface area contributed by atoms with Crippen LogP contribution in [0.5, 0.6) is 0 Å². The number of carboxylic acid groups (broad SMARTS) is 1. The maximum Gasteiger partial charge on any atom is 0.417 e. The molecular formula is C16H14F4N2O2. The Balaban J connectivity index is 2.49. The van der Waals surface area contributed by atoms with Crippen LogP contribution in [0.2, 0.25) is 0 Å². The molecule has 0 aliphatic rings. The van der Waals surface area contributed by atoms with Crippen LogP contribution in [-0.2, 0) is 6.18 Å². The minimum atomic E-state index is -4.70. The molecule has 128 valence electrons. The van der Waals surface area contributed by atoms with Crippen LogP contribution in [-0.4, -0.2) is 16.1 Å². The summed E-state index contributed by atoms with van der Waals surface area (Å²) in [5, 5.41) is 11.8. The van der Waals surface area contributed by atoms with Crippen molar-refractivity contribution in [2.24, 2.45) is 0 Å². The van der Waals surface area contributed by atoms with Crippen LogP contribution < -0.4 is 5.32 Å². The van der Waals surface area contributed by atoms with Gasteiger partial charge in [0.1, 0.15) is 17.2 Å². The van der Waals surface area contributed by atoms with Crippen LogP contribution in [0, 0.1) is 5.82 Å². The lowest BCUT2D eigenvalue weighted by atomic mass is 10.0. The highest BCUT2D eigenvalue weighted by atomic mass is 19.4. The number of alkyl halides is 3. The molecule has 0 aliphatic carbocycles. The molecule has 24 heavy (non-hydrogen) atoms. The van der Waals surface area contributed by atoms with Gasteiger partial charge in [-0.25, -0.2) is 14.2 Å². The van der Waals surface area contributed by atoms with Gasteiger partial charge in [-0.1, -0.05) is 13.8 Å². The van der Waals surface area contributed by atoms with Crippen LogP contribution in [0.25, 0.3) is 0 Å². The molecule has 2 aromatic rings. The molecule has 0 amide bonds. The third-order valence-electron chi connectivity index (χ3n) is 3.33. The molecule has 1 heterocycles. The SMILES string of the molecule is CC(C)c1cc(F)ccc1Nc1ncc(C(F)(F)F)cc1C(=O)O. The topological polar surface area (TPSA) is 62.2 Å². The van der Waals surface area contributed by atoms with Crippen molar-refractivity contribution in [1.82, 2.24) is 4.98 Å². The Bertz CT molecular complexity index is 773. The molecule has 0 atom stereocenters. The Kier molecular flexibility index (Phi) is 4.77. The molecule has 0 fully saturated rings. The Labute approximate surface area is 135 Å². The van der Waals surface area contributed by atoms with E-state index in [0.717, 1.165) is 0 Å². The van der Waals surface area contributed by atoms with E-state index in [2.05, 4.69) is 10.3 Å². The second kappa shape index (κ2) is 6.46. The number of hydrogen-bond acceptors (Lipinski definition) is 3. The van der Waals surface area contributed by atoms with Crippen molar-refractivity contribution in [2.45, 2.75) is 25.9 Å². The summed E-state index contributed by atoms with van der Waals surface area (Å²) in [6, 6.07) is 4.34. The number of halogens is 4. The standard InChI is InChI=1S/C16H14F4N2O2/c1-8(2)11-6-10(17)3-4-13(11)22-14-12(15(23)24)5-9(7-21-14)16(18,19)20/h3-8H,1-2H3,(H,21,22)(H,23,24). The smallest absolute Gasteiger partial charge is 0.417 e. The lowest BCUT2D eigenvalue weighted by molar-refractivity contribution is -0.137. The molecule has 0 unspecified atom stereocenters. The maximum absolute atomic E-state index is 13.4. The van der Waals surface area contributed by atoms with Crippen molar-refractivity contribution in [3.8, 4) is 0 Å². The molecule has 0 spiro atoms. The van der Waals surface area contributed by atoms with E-state index in [0.29, 0.717) is 23.5 Å². The molecule has 1 aromatic carbocycles. The van der Waals surface area contributed by atoms with E-state index in [9.17, 15) is 22.4 Å². The van der Waals surface area contributed by atoms with E-state index in [1.54, 1.807) is 13.8 Å². The van der Waals surface area contributed by atoms with Gasteiger partial charge >= 0.3 is 12.1 Å². The molecule has 2 rings (SSSR count). The number of aromatic carboxylic acids is 1. The minimum absolute atomic E-state index is 0.0917. The summed E-state index contributed by atoms with van der Waals surface area (Å²) in [5.74, 6) is -2.36. The number of rotatable bonds is 4. The molecule has 0 saturated carbocycles. The lowest BCUT2D eigenvalue weighted by Crippen LogP contribution is -2.12. The predicted molar refractivity (Wildman–Crippen MR) is 80.0 cm³/mol. The van der Waals surface area contributed by atoms with Crippen molar-refractivity contribution in [1.29, 1.82) is 0 Å². The van der Waals surface area contributed by atoms with Gasteiger partial charge in [-0.3, -0.25) is 0 Å². The number of pyridine rings is 1. The molecule has 0 aliphatic heterocycles. The zero-order chi connectivity index (χ0) is 18.1. The fourth-order valence-corrected chi connectivity index (χ4v) is 2.14. The Morgan fingerprint density at radius 1 is 1.25 bits per heavy atom. The minimum Gasteiger partial charge on any atom is -0.478 e. The van der Waals surface area contributed by atoms with Crippen molar-refractivity contribution in [3.05, 3.63) is 53.0 Å². The fourth-order valence-electron chi connectivity index (χ4n) is 2.14. The zero-order valence-electron chi connectivity index (χ0n) is 12.8. The van der Waals surface area contributed by atoms with Gasteiger partial charge < -0.3 is 10.4 Å². The average molecular weight is 342 g/mol. The summed E-state index contributed by atoms with van der Waals surface area (Å²) in [6.07, 6.45) is -4.15. The molecule has 8 heteroatoms. The van der Waals surface area contributed by atoms with Crippen molar-refractivity contribution in [3.63, 3.8) is 0 Å². The third-order valence-corrected chi connectivity index (χ3v) is 3.33. The second-order valence-corrected chi connectivity index (χ2v) is 5.43. The number of anilines is 2. The molecule has 2 N–H and O–H groups in total. The molecule has 0 saturated heterocycles. The second-order valence-electron chi connectivity index (χ2n) is 5.43. The Hall–Kier alpha value is -2.64. The number of nitrogens with one attached hydrogen (secondary N) is 1. The van der Waals surface area contributed by atoms with E-state index < -0.39 is 29.1 Å². The highest BCUT2D eigenvalue weighted by Gasteiger charge is 2.32. The summed E-state index contributed by atoms with van der Waals surface area (Å²) in [7, 11) is 0. The lowest BCUT2D eigenvalue weighted by Gasteiger charge is -2.16. The number of aromatic nitrogens is 1. The largest absolute Gasteiger partial charge is 0.478 e. The first-order chi connectivity index (χ1) is 11.1. The number of carboxylic acids is 1. The summed E-state index contributed by atoms with van der Waals surface area (Å²) < 4.78 is 51.5. The first-order valence-electron chi connectivity index (χ1n) is 6.96. The van der Waals surface area contributed by atoms with Gasteiger partial charge in [0.2, 0.25) is 0 Å². The zero-order valence-corrected chi connectivity index (χ0v) is 12.8. The molecular weight excluding hydrogens is 328 g/mol. The van der Waals surface area contributed by atoms with Crippen LogP contribution in [0.3, 0.4) is 0 Å². The highest BCUT2D eigenvalue weighted by molar-refractivity contribution is 5.94. The van der Waals surface area contributed by atoms with E-state index in [-0.39, 0.29) is 11.7 Å². The van der Waals surface area contributed by atoms with Gasteiger partial charge in [0.05, 0.1) is 5.56 Å². The van der Waals surface area contributed by atoms with Gasteiger partial charge in [-0.15, -0.1) is 0 Å². The normalized spacial score (nSPS) is 11.6. The Morgan fingerprint density at radius 2 is 1.92 bits per heavy atom. The number of hydrogen-bond donors (Lipinski definition) is 2. The van der Waals surface area contributed by atoms with Crippen molar-refractivity contribution in [2.75, 3.05) is 5.32 Å². The molecule has 0 radical (unpaired) electrons. The van der Waals surface area contributed by atoms with Gasteiger partial charge in [0.25, 0.3) is 0 Å². The summed E-state index contributed by atoms with van der Waals surface area (Å²) >= 11 is 0. The number of carbonyl (C=O) groups is 1. The molecule has 4 nitrogen and oxygen atoms in total. The van der Waals surface area contributed by atoms with E-state index >= 15 is 0 Å². The molecule has 1 aromatic heterocycles. The van der Waals surface area contributed by atoms with Gasteiger partial charge in [0, 0.05) is 11.9 Å². The Morgan fingerprint density at radius 3 is 2.46 bits per heavy atom. The van der Waals surface area contributed by atoms with E-state index in [1.807, 2.05) is 0 Å². The van der Waals surface area contributed by atoms with Crippen molar-refractivity contribution < 1.29 is 27.5 Å².